The van der Waals surface area contributed by atoms with Gasteiger partial charge in [0.2, 0.25) is 0 Å². The van der Waals surface area contributed by atoms with E-state index in [0.29, 0.717) is 17.5 Å². The first-order valence-corrected chi connectivity index (χ1v) is 5.67. The van der Waals surface area contributed by atoms with Gasteiger partial charge in [0.15, 0.2) is 0 Å². The highest BCUT2D eigenvalue weighted by Crippen LogP contribution is 2.32. The van der Waals surface area contributed by atoms with E-state index in [0.717, 1.165) is 3.39 Å². The molecule has 1 aliphatic rings. The molecule has 5 heteroatoms. The number of hydrogen-bond acceptors (Lipinski definition) is 2. The lowest BCUT2D eigenvalue weighted by Gasteiger charge is -1.93. The molecule has 1 unspecified atom stereocenters. The van der Waals surface area contributed by atoms with Crippen LogP contribution in [0.5, 0.6) is 0 Å². The number of halogens is 3. The fourth-order valence-electron chi connectivity index (χ4n) is 0.787. The minimum atomic E-state index is -0.159. The molecule has 0 aromatic rings. The van der Waals surface area contributed by atoms with Crippen molar-refractivity contribution in [3.05, 3.63) is 9.15 Å². The van der Waals surface area contributed by atoms with Crippen molar-refractivity contribution in [3.63, 3.8) is 0 Å². The highest BCUT2D eigenvalue weighted by molar-refractivity contribution is 9.28. The average molecular weight is 349 g/mol. The molecule has 0 saturated carbocycles. The zero-order chi connectivity index (χ0) is 8.43. The number of hydrogen-bond donors (Lipinski definition) is 0. The van der Waals surface area contributed by atoms with Crippen LogP contribution in [0.15, 0.2) is 9.15 Å². The Bertz CT molecular complexity index is 208. The van der Waals surface area contributed by atoms with Crippen molar-refractivity contribution >= 4 is 53.8 Å². The van der Waals surface area contributed by atoms with E-state index in [1.54, 1.807) is 0 Å². The molecule has 62 valence electrons. The maximum atomic E-state index is 11.0. The molecule has 0 amide bonds. The van der Waals surface area contributed by atoms with E-state index in [1.165, 1.54) is 0 Å². The van der Waals surface area contributed by atoms with E-state index in [-0.39, 0.29) is 11.9 Å². The van der Waals surface area contributed by atoms with Crippen molar-refractivity contribution in [2.24, 2.45) is 5.92 Å². The van der Waals surface area contributed by atoms with E-state index in [9.17, 15) is 4.79 Å². The molecule has 0 aliphatic carbocycles. The molecule has 1 rings (SSSR count). The van der Waals surface area contributed by atoms with Crippen molar-refractivity contribution in [1.82, 2.24) is 0 Å². The number of allylic oxidation sites excluding steroid dienone is 1. The topological polar surface area (TPSA) is 26.3 Å². The Morgan fingerprint density at radius 2 is 2.27 bits per heavy atom. The molecule has 11 heavy (non-hydrogen) atoms. The Balaban J connectivity index is 2.72. The van der Waals surface area contributed by atoms with Gasteiger partial charge in [-0.05, 0) is 31.9 Å². The SMILES string of the molecule is O=C1OC(=C(Br)Br)CC1CBr. The second-order valence-corrected chi connectivity index (χ2v) is 5.46. The number of carbonyl (C=O) groups excluding carboxylic acids is 1. The second kappa shape index (κ2) is 4.05. The summed E-state index contributed by atoms with van der Waals surface area (Å²) in [5.41, 5.74) is 0. The van der Waals surface area contributed by atoms with Gasteiger partial charge in [-0.15, -0.1) is 0 Å². The second-order valence-electron chi connectivity index (χ2n) is 2.16. The Morgan fingerprint density at radius 3 is 2.55 bits per heavy atom. The lowest BCUT2D eigenvalue weighted by molar-refractivity contribution is -0.138. The summed E-state index contributed by atoms with van der Waals surface area (Å²) >= 11 is 9.62. The summed E-state index contributed by atoms with van der Waals surface area (Å²) < 4.78 is 5.67. The third kappa shape index (κ3) is 2.29. The monoisotopic (exact) mass is 346 g/mol. The Morgan fingerprint density at radius 1 is 1.64 bits per heavy atom. The first kappa shape index (κ1) is 9.74. The molecular formula is C6H5Br3O2. The summed E-state index contributed by atoms with van der Waals surface area (Å²) in [6, 6.07) is 0. The molecular weight excluding hydrogens is 344 g/mol. The van der Waals surface area contributed by atoms with Crippen LogP contribution in [0, 0.1) is 5.92 Å². The summed E-state index contributed by atoms with van der Waals surface area (Å²) in [5.74, 6) is 0.489. The fourth-order valence-corrected chi connectivity index (χ4v) is 1.77. The first-order chi connectivity index (χ1) is 5.15. The van der Waals surface area contributed by atoms with Crippen LogP contribution in [0.1, 0.15) is 6.42 Å². The maximum Gasteiger partial charge on any atom is 0.315 e. The number of ether oxygens (including phenoxy) is 1. The molecule has 0 bridgehead atoms. The Labute approximate surface area is 89.7 Å². The zero-order valence-electron chi connectivity index (χ0n) is 5.44. The van der Waals surface area contributed by atoms with Crippen LogP contribution in [0.25, 0.3) is 0 Å². The highest BCUT2D eigenvalue weighted by atomic mass is 79.9. The molecule has 0 spiro atoms. The molecule has 1 fully saturated rings. The first-order valence-electron chi connectivity index (χ1n) is 2.97. The van der Waals surface area contributed by atoms with Crippen LogP contribution in [0.4, 0.5) is 0 Å². The average Bonchev–Trinajstić information content (AvgIpc) is 2.31. The van der Waals surface area contributed by atoms with E-state index in [1.807, 2.05) is 0 Å². The predicted octanol–water partition coefficient (Wildman–Crippen LogP) is 2.90. The maximum absolute atomic E-state index is 11.0. The van der Waals surface area contributed by atoms with Crippen LogP contribution in [0.3, 0.4) is 0 Å². The molecule has 1 heterocycles. The molecule has 1 aliphatic heterocycles. The van der Waals surface area contributed by atoms with Gasteiger partial charge in [-0.1, -0.05) is 15.9 Å². The third-order valence-electron chi connectivity index (χ3n) is 1.39. The van der Waals surface area contributed by atoms with Gasteiger partial charge in [0, 0.05) is 11.8 Å². The van der Waals surface area contributed by atoms with Crippen molar-refractivity contribution in [2.45, 2.75) is 6.42 Å². The summed E-state index contributed by atoms with van der Waals surface area (Å²) in [6.45, 7) is 0. The van der Waals surface area contributed by atoms with Crippen LogP contribution in [-0.4, -0.2) is 11.3 Å². The summed E-state index contributed by atoms with van der Waals surface area (Å²) in [7, 11) is 0. The standard InChI is InChI=1S/C6H5Br3O2/c7-2-3-1-4(5(8)9)11-6(3)10/h3H,1-2H2. The molecule has 0 N–H and O–H groups in total. The van der Waals surface area contributed by atoms with Gasteiger partial charge >= 0.3 is 5.97 Å². The summed E-state index contributed by atoms with van der Waals surface area (Å²) in [4.78, 5) is 11.0. The normalized spacial score (nSPS) is 23.7. The van der Waals surface area contributed by atoms with Gasteiger partial charge in [-0.3, -0.25) is 4.79 Å². The van der Waals surface area contributed by atoms with Crippen LogP contribution in [0.2, 0.25) is 0 Å². The third-order valence-corrected chi connectivity index (χ3v) is 3.05. The van der Waals surface area contributed by atoms with Gasteiger partial charge in [0.25, 0.3) is 0 Å². The minimum Gasteiger partial charge on any atom is -0.429 e. The van der Waals surface area contributed by atoms with Crippen molar-refractivity contribution in [3.8, 4) is 0 Å². The number of esters is 1. The Hall–Kier alpha value is 0.650. The Kier molecular flexibility index (Phi) is 3.58. The van der Waals surface area contributed by atoms with Gasteiger partial charge in [-0.2, -0.15) is 0 Å². The number of alkyl halides is 1. The van der Waals surface area contributed by atoms with Crippen molar-refractivity contribution < 1.29 is 9.53 Å². The molecule has 0 aromatic heterocycles. The number of carbonyl (C=O) groups is 1. The van der Waals surface area contributed by atoms with E-state index in [2.05, 4.69) is 47.8 Å². The van der Waals surface area contributed by atoms with E-state index >= 15 is 0 Å². The fraction of sp³-hybridized carbons (Fsp3) is 0.500. The molecule has 0 aromatic carbocycles. The van der Waals surface area contributed by atoms with Gasteiger partial charge in [0.05, 0.1) is 9.31 Å². The zero-order valence-corrected chi connectivity index (χ0v) is 10.2. The number of cyclic esters (lactones) is 1. The summed E-state index contributed by atoms with van der Waals surface area (Å²) in [5, 5.41) is 0.655. The molecule has 0 radical (unpaired) electrons. The molecule has 1 saturated heterocycles. The lowest BCUT2D eigenvalue weighted by atomic mass is 10.1. The van der Waals surface area contributed by atoms with Crippen molar-refractivity contribution in [2.75, 3.05) is 5.33 Å². The van der Waals surface area contributed by atoms with Gasteiger partial charge < -0.3 is 4.74 Å². The van der Waals surface area contributed by atoms with Crippen LogP contribution < -0.4 is 0 Å². The highest BCUT2D eigenvalue weighted by Gasteiger charge is 2.30. The van der Waals surface area contributed by atoms with Gasteiger partial charge in [-0.25, -0.2) is 0 Å². The van der Waals surface area contributed by atoms with Crippen LogP contribution in [-0.2, 0) is 9.53 Å². The quantitative estimate of drug-likeness (QED) is 0.538. The molecule has 1 atom stereocenters. The largest absolute Gasteiger partial charge is 0.429 e. The minimum absolute atomic E-state index is 0.0323. The summed E-state index contributed by atoms with van der Waals surface area (Å²) in [6.07, 6.45) is 0.663. The van der Waals surface area contributed by atoms with E-state index < -0.39 is 0 Å². The van der Waals surface area contributed by atoms with E-state index in [4.69, 9.17) is 4.74 Å². The smallest absolute Gasteiger partial charge is 0.315 e. The predicted molar refractivity (Wildman–Crippen MR) is 52.9 cm³/mol. The van der Waals surface area contributed by atoms with Crippen molar-refractivity contribution in [1.29, 1.82) is 0 Å². The van der Waals surface area contributed by atoms with Gasteiger partial charge in [0.1, 0.15) is 5.76 Å². The molecule has 2 nitrogen and oxygen atoms in total. The van der Waals surface area contributed by atoms with Crippen LogP contribution >= 0.6 is 47.8 Å². The number of rotatable bonds is 1. The lowest BCUT2D eigenvalue weighted by Crippen LogP contribution is -2.07.